The molecule has 0 atom stereocenters. The van der Waals surface area contributed by atoms with Crippen molar-refractivity contribution in [2.45, 2.75) is 13.3 Å². The van der Waals surface area contributed by atoms with Crippen LogP contribution in [0.4, 0.5) is 4.79 Å². The molecule has 0 aliphatic rings. The number of nitrogens with one attached hydrogen (secondary N) is 1. The second kappa shape index (κ2) is 4.70. The van der Waals surface area contributed by atoms with Crippen molar-refractivity contribution in [3.05, 3.63) is 39.1 Å². The Morgan fingerprint density at radius 1 is 1.50 bits per heavy atom. The first-order valence-electron chi connectivity index (χ1n) is 5.28. The minimum Gasteiger partial charge on any atom is -0.449 e. The van der Waals surface area contributed by atoms with Gasteiger partial charge in [-0.15, -0.1) is 0 Å². The predicted octanol–water partition coefficient (Wildman–Crippen LogP) is 2.80. The maximum atomic E-state index is 11.8. The summed E-state index contributed by atoms with van der Waals surface area (Å²) < 4.78 is 4.72. The molecule has 1 aromatic heterocycles. The topological polar surface area (TPSA) is 79.4 Å². The van der Waals surface area contributed by atoms with E-state index in [9.17, 15) is 9.59 Å². The van der Waals surface area contributed by atoms with Crippen molar-refractivity contribution in [2.75, 3.05) is 0 Å². The third-order valence-electron chi connectivity index (χ3n) is 2.57. The third-order valence-corrected chi connectivity index (χ3v) is 2.80. The highest BCUT2D eigenvalue weighted by Gasteiger charge is 2.15. The van der Waals surface area contributed by atoms with Crippen molar-refractivity contribution in [2.24, 2.45) is 0 Å². The zero-order valence-electron chi connectivity index (χ0n) is 9.49. The summed E-state index contributed by atoms with van der Waals surface area (Å²) in [6.07, 6.45) is -1.10. The van der Waals surface area contributed by atoms with Crippen LogP contribution in [0.15, 0.2) is 23.0 Å². The van der Waals surface area contributed by atoms with Gasteiger partial charge in [0.1, 0.15) is 0 Å². The van der Waals surface area contributed by atoms with Crippen LogP contribution in [-0.2, 0) is 6.42 Å². The van der Waals surface area contributed by atoms with Crippen molar-refractivity contribution in [1.82, 2.24) is 4.98 Å². The van der Waals surface area contributed by atoms with Crippen LogP contribution in [-0.4, -0.2) is 16.2 Å². The molecule has 94 valence electrons. The lowest BCUT2D eigenvalue weighted by Gasteiger charge is -2.09. The highest BCUT2D eigenvalue weighted by atomic mass is 35.5. The van der Waals surface area contributed by atoms with Crippen molar-refractivity contribution in [3.63, 3.8) is 0 Å². The minimum atomic E-state index is -1.46. The highest BCUT2D eigenvalue weighted by molar-refractivity contribution is 6.31. The van der Waals surface area contributed by atoms with Gasteiger partial charge in [-0.1, -0.05) is 18.5 Å². The molecule has 5 nitrogen and oxygen atoms in total. The van der Waals surface area contributed by atoms with Crippen LogP contribution in [0.2, 0.25) is 5.02 Å². The van der Waals surface area contributed by atoms with Gasteiger partial charge in [0, 0.05) is 10.4 Å². The second-order valence-electron chi connectivity index (χ2n) is 3.67. The quantitative estimate of drug-likeness (QED) is 0.820. The number of H-pyrrole nitrogens is 1. The Kier molecular flexibility index (Phi) is 3.25. The predicted molar refractivity (Wildman–Crippen MR) is 67.6 cm³/mol. The maximum absolute atomic E-state index is 11.8. The van der Waals surface area contributed by atoms with Crippen LogP contribution in [0, 0.1) is 0 Å². The number of aromatic nitrogens is 1. The van der Waals surface area contributed by atoms with Crippen LogP contribution >= 0.6 is 11.6 Å². The number of carbonyl (C=O) groups is 1. The number of halogens is 1. The molecule has 2 aromatic rings. The summed E-state index contributed by atoms with van der Waals surface area (Å²) >= 11 is 5.87. The summed E-state index contributed by atoms with van der Waals surface area (Å²) in [6.45, 7) is 1.75. The molecule has 6 heteroatoms. The third kappa shape index (κ3) is 2.17. The zero-order chi connectivity index (χ0) is 13.3. The molecule has 1 aromatic carbocycles. The standard InChI is InChI=1S/C12H10ClNO4/c1-2-7-10(18-12(16)17)8-5-6(13)3-4-9(8)14-11(7)15/h3-5H,2H2,1H3,(H,14,15)(H,16,17). The van der Waals surface area contributed by atoms with E-state index >= 15 is 0 Å². The molecule has 0 saturated carbocycles. The lowest BCUT2D eigenvalue weighted by molar-refractivity contribution is 0.144. The minimum absolute atomic E-state index is 0.0475. The summed E-state index contributed by atoms with van der Waals surface area (Å²) in [6, 6.07) is 4.77. The van der Waals surface area contributed by atoms with Gasteiger partial charge in [-0.2, -0.15) is 0 Å². The average molecular weight is 268 g/mol. The van der Waals surface area contributed by atoms with Gasteiger partial charge in [-0.3, -0.25) is 4.79 Å². The summed E-state index contributed by atoms with van der Waals surface area (Å²) in [7, 11) is 0. The van der Waals surface area contributed by atoms with Gasteiger partial charge in [0.05, 0.1) is 11.1 Å². The number of ether oxygens (including phenoxy) is 1. The van der Waals surface area contributed by atoms with E-state index in [-0.39, 0.29) is 16.9 Å². The van der Waals surface area contributed by atoms with E-state index in [0.29, 0.717) is 22.3 Å². The second-order valence-corrected chi connectivity index (χ2v) is 4.11. The van der Waals surface area contributed by atoms with E-state index < -0.39 is 6.16 Å². The van der Waals surface area contributed by atoms with Gasteiger partial charge >= 0.3 is 6.16 Å². The Labute approximate surface area is 107 Å². The Morgan fingerprint density at radius 2 is 2.22 bits per heavy atom. The molecule has 0 unspecified atom stereocenters. The number of hydrogen-bond acceptors (Lipinski definition) is 3. The largest absolute Gasteiger partial charge is 0.511 e. The first-order valence-corrected chi connectivity index (χ1v) is 5.66. The van der Waals surface area contributed by atoms with E-state index in [1.165, 1.54) is 0 Å². The average Bonchev–Trinajstić information content (AvgIpc) is 2.30. The fourth-order valence-electron chi connectivity index (χ4n) is 1.80. The van der Waals surface area contributed by atoms with E-state index in [0.717, 1.165) is 0 Å². The van der Waals surface area contributed by atoms with Gasteiger partial charge in [0.15, 0.2) is 5.75 Å². The number of aromatic amines is 1. The molecule has 0 bridgehead atoms. The van der Waals surface area contributed by atoms with Gasteiger partial charge in [0.25, 0.3) is 5.56 Å². The van der Waals surface area contributed by atoms with Gasteiger partial charge in [0.2, 0.25) is 0 Å². The molecule has 2 N–H and O–H groups in total. The molecular formula is C12H10ClNO4. The maximum Gasteiger partial charge on any atom is 0.511 e. The van der Waals surface area contributed by atoms with Gasteiger partial charge in [-0.25, -0.2) is 4.79 Å². The van der Waals surface area contributed by atoms with Crippen LogP contribution in [0.1, 0.15) is 12.5 Å². The summed E-state index contributed by atoms with van der Waals surface area (Å²) in [5.41, 5.74) is 0.411. The molecule has 1 heterocycles. The SMILES string of the molecule is CCc1c(OC(=O)O)c2cc(Cl)ccc2[nH]c1=O. The van der Waals surface area contributed by atoms with E-state index in [1.54, 1.807) is 25.1 Å². The number of pyridine rings is 1. The number of rotatable bonds is 2. The van der Waals surface area contributed by atoms with E-state index in [1.807, 2.05) is 0 Å². The number of fused-ring (bicyclic) bond motifs is 1. The Hall–Kier alpha value is -2.01. The molecule has 0 aliphatic heterocycles. The molecule has 0 amide bonds. The van der Waals surface area contributed by atoms with Crippen LogP contribution < -0.4 is 10.3 Å². The molecule has 0 fully saturated rings. The summed E-state index contributed by atoms with van der Waals surface area (Å²) in [4.78, 5) is 25.2. The summed E-state index contributed by atoms with van der Waals surface area (Å²) in [5, 5.41) is 9.65. The fourth-order valence-corrected chi connectivity index (χ4v) is 1.97. The molecule has 0 aliphatic carbocycles. The van der Waals surface area contributed by atoms with Crippen LogP contribution in [0.25, 0.3) is 10.9 Å². The van der Waals surface area contributed by atoms with Gasteiger partial charge < -0.3 is 14.8 Å². The monoisotopic (exact) mass is 267 g/mol. The van der Waals surface area contributed by atoms with Crippen molar-refractivity contribution >= 4 is 28.7 Å². The lowest BCUT2D eigenvalue weighted by atomic mass is 10.1. The van der Waals surface area contributed by atoms with Crippen molar-refractivity contribution in [3.8, 4) is 5.75 Å². The first kappa shape index (κ1) is 12.4. The van der Waals surface area contributed by atoms with E-state index in [2.05, 4.69) is 4.98 Å². The Balaban J connectivity index is 2.85. The number of carboxylic acid groups (broad SMARTS) is 1. The molecule has 2 rings (SSSR count). The Bertz CT molecular complexity index is 678. The Morgan fingerprint density at radius 3 is 2.83 bits per heavy atom. The van der Waals surface area contributed by atoms with Crippen molar-refractivity contribution < 1.29 is 14.6 Å². The van der Waals surface area contributed by atoms with Gasteiger partial charge in [-0.05, 0) is 24.6 Å². The molecule has 0 spiro atoms. The van der Waals surface area contributed by atoms with Crippen LogP contribution in [0.5, 0.6) is 5.75 Å². The number of benzene rings is 1. The summed E-state index contributed by atoms with van der Waals surface area (Å²) in [5.74, 6) is 0.0475. The first-order chi connectivity index (χ1) is 8.52. The number of hydrogen-bond donors (Lipinski definition) is 2. The molecule has 0 saturated heterocycles. The molecule has 0 radical (unpaired) electrons. The molecular weight excluding hydrogens is 258 g/mol. The molecule has 18 heavy (non-hydrogen) atoms. The highest BCUT2D eigenvalue weighted by Crippen LogP contribution is 2.29. The lowest BCUT2D eigenvalue weighted by Crippen LogP contribution is -2.16. The van der Waals surface area contributed by atoms with Crippen molar-refractivity contribution in [1.29, 1.82) is 0 Å². The van der Waals surface area contributed by atoms with E-state index in [4.69, 9.17) is 21.4 Å². The smallest absolute Gasteiger partial charge is 0.449 e. The normalized spacial score (nSPS) is 10.6. The van der Waals surface area contributed by atoms with Crippen LogP contribution in [0.3, 0.4) is 0 Å². The fraction of sp³-hybridized carbons (Fsp3) is 0.167. The zero-order valence-corrected chi connectivity index (χ0v) is 10.2.